The Bertz CT molecular complexity index is 2820. The number of fused-ring (bicyclic) bond motifs is 2. The topological polar surface area (TPSA) is 160 Å². The number of carbonyl (C=O) groups is 4. The maximum absolute atomic E-state index is 16.1. The number of hydrogen-bond acceptors (Lipinski definition) is 10. The van der Waals surface area contributed by atoms with Crippen LogP contribution in [0.15, 0.2) is 54.9 Å². The number of hydrogen-bond donors (Lipinski definition) is 3. The molecular weight excluding hydrogens is 870 g/mol. The highest BCUT2D eigenvalue weighted by Gasteiger charge is 2.63. The molecular formula is C45H44ClF4N11O4. The summed E-state index contributed by atoms with van der Waals surface area (Å²) in [6.07, 6.45) is 3.52. The number of anilines is 4. The second-order valence-corrected chi connectivity index (χ2v) is 18.0. The van der Waals surface area contributed by atoms with E-state index in [4.69, 9.17) is 16.7 Å². The Hall–Kier alpha value is -6.34. The summed E-state index contributed by atoms with van der Waals surface area (Å²) in [5.41, 5.74) is 3.61. The molecule has 15 nitrogen and oxygen atoms in total. The number of pyridine rings is 1. The van der Waals surface area contributed by atoms with Gasteiger partial charge in [-0.1, -0.05) is 23.7 Å². The first-order valence-corrected chi connectivity index (χ1v) is 21.9. The summed E-state index contributed by atoms with van der Waals surface area (Å²) in [5.74, 6) is -4.76. The number of aryl methyl sites for hydroxylation is 1. The van der Waals surface area contributed by atoms with Gasteiger partial charge in [0.05, 0.1) is 40.6 Å². The van der Waals surface area contributed by atoms with Gasteiger partial charge < -0.3 is 20.4 Å². The number of urea groups is 1. The molecule has 338 valence electrons. The number of aromatic nitrogens is 4. The number of likely N-dealkylation sites (tertiary alicyclic amines) is 2. The van der Waals surface area contributed by atoms with E-state index in [-0.39, 0.29) is 73.2 Å². The van der Waals surface area contributed by atoms with Crippen molar-refractivity contribution >= 4 is 63.9 Å². The SMILES string of the molecule is CNc1cc(N2CCc3c(-c4ncc(CN5CC6(CCN(C(=O)c7cc(C)c(Cl)c(N8CCC(=O)NC8=O)c7)CC6(F)F)C5)cc4F)cccc32)nn2c(C(=O)NC3CC[C@H]3F)cnc12. The second kappa shape index (κ2) is 16.0. The Labute approximate surface area is 375 Å². The van der Waals surface area contributed by atoms with Crippen molar-refractivity contribution in [3.63, 3.8) is 0 Å². The van der Waals surface area contributed by atoms with Crippen LogP contribution in [0.25, 0.3) is 16.9 Å². The fourth-order valence-electron chi connectivity index (χ4n) is 9.76. The number of alkyl halides is 3. The Balaban J connectivity index is 0.807. The Morgan fingerprint density at radius 3 is 2.48 bits per heavy atom. The van der Waals surface area contributed by atoms with E-state index in [0.29, 0.717) is 59.7 Å². The van der Waals surface area contributed by atoms with Crippen LogP contribution in [0.3, 0.4) is 0 Å². The summed E-state index contributed by atoms with van der Waals surface area (Å²) in [6.45, 7) is 1.84. The van der Waals surface area contributed by atoms with Crippen molar-refractivity contribution in [1.29, 1.82) is 0 Å². The van der Waals surface area contributed by atoms with E-state index in [0.717, 1.165) is 16.2 Å². The number of nitrogens with zero attached hydrogens (tertiary/aromatic N) is 8. The van der Waals surface area contributed by atoms with E-state index in [1.807, 2.05) is 34.1 Å². The van der Waals surface area contributed by atoms with Crippen molar-refractivity contribution in [2.24, 2.45) is 5.41 Å². The van der Waals surface area contributed by atoms with Crippen LogP contribution >= 0.6 is 11.6 Å². The first kappa shape index (κ1) is 42.6. The van der Waals surface area contributed by atoms with Crippen LogP contribution in [-0.4, -0.2) is 118 Å². The molecule has 2 aromatic carbocycles. The van der Waals surface area contributed by atoms with Gasteiger partial charge in [0.15, 0.2) is 17.2 Å². The van der Waals surface area contributed by atoms with E-state index in [1.165, 1.54) is 33.8 Å². The summed E-state index contributed by atoms with van der Waals surface area (Å²) in [4.78, 5) is 66.2. The molecule has 3 saturated heterocycles. The second-order valence-electron chi connectivity index (χ2n) is 17.6. The van der Waals surface area contributed by atoms with Crippen molar-refractivity contribution in [2.75, 3.05) is 61.4 Å². The lowest BCUT2D eigenvalue weighted by Crippen LogP contribution is -2.70. The number of carbonyl (C=O) groups excluding carboxylic acids is 4. The van der Waals surface area contributed by atoms with Crippen molar-refractivity contribution in [1.82, 2.24) is 40.0 Å². The Morgan fingerprint density at radius 1 is 0.969 bits per heavy atom. The molecule has 20 heteroatoms. The van der Waals surface area contributed by atoms with Gasteiger partial charge in [0.25, 0.3) is 17.7 Å². The molecule has 4 fully saturated rings. The van der Waals surface area contributed by atoms with Crippen LogP contribution in [0.2, 0.25) is 5.02 Å². The van der Waals surface area contributed by atoms with Crippen molar-refractivity contribution in [3.05, 3.63) is 93.6 Å². The van der Waals surface area contributed by atoms with Crippen LogP contribution in [0.1, 0.15) is 63.2 Å². The molecule has 1 saturated carbocycles. The van der Waals surface area contributed by atoms with Gasteiger partial charge >= 0.3 is 6.03 Å². The van der Waals surface area contributed by atoms with Gasteiger partial charge in [-0.15, -0.1) is 5.10 Å². The minimum absolute atomic E-state index is 0.0460. The minimum Gasteiger partial charge on any atom is -0.385 e. The van der Waals surface area contributed by atoms with Gasteiger partial charge in [0.1, 0.15) is 17.7 Å². The lowest BCUT2D eigenvalue weighted by Gasteiger charge is -2.57. The zero-order chi connectivity index (χ0) is 45.5. The maximum Gasteiger partial charge on any atom is 0.328 e. The largest absolute Gasteiger partial charge is 0.385 e. The average molecular weight is 914 g/mol. The summed E-state index contributed by atoms with van der Waals surface area (Å²) in [5, 5.41) is 13.1. The van der Waals surface area contributed by atoms with E-state index < -0.39 is 59.7 Å². The minimum atomic E-state index is -3.22. The quantitative estimate of drug-likeness (QED) is 0.144. The molecule has 0 bridgehead atoms. The van der Waals surface area contributed by atoms with Crippen molar-refractivity contribution < 1.29 is 36.7 Å². The first-order chi connectivity index (χ1) is 31.1. The highest BCUT2D eigenvalue weighted by atomic mass is 35.5. The predicted octanol–water partition coefficient (Wildman–Crippen LogP) is 6.29. The molecule has 65 heavy (non-hydrogen) atoms. The van der Waals surface area contributed by atoms with Gasteiger partial charge in [0, 0.05) is 81.8 Å². The molecule has 3 aromatic heterocycles. The average Bonchev–Trinajstić information content (AvgIpc) is 3.91. The lowest BCUT2D eigenvalue weighted by molar-refractivity contribution is -0.220. The molecule has 10 rings (SSSR count). The summed E-state index contributed by atoms with van der Waals surface area (Å²) >= 11 is 6.50. The number of imidazole rings is 1. The summed E-state index contributed by atoms with van der Waals surface area (Å²) in [7, 11) is 1.74. The first-order valence-electron chi connectivity index (χ1n) is 21.5. The number of rotatable bonds is 9. The third kappa shape index (κ3) is 7.28. The zero-order valence-electron chi connectivity index (χ0n) is 35.4. The molecule has 1 spiro atoms. The van der Waals surface area contributed by atoms with Gasteiger partial charge in [-0.2, -0.15) is 0 Å². The van der Waals surface area contributed by atoms with Gasteiger partial charge in [0.2, 0.25) is 5.91 Å². The van der Waals surface area contributed by atoms with Crippen LogP contribution in [0, 0.1) is 18.2 Å². The van der Waals surface area contributed by atoms with E-state index in [2.05, 4.69) is 25.9 Å². The van der Waals surface area contributed by atoms with Crippen LogP contribution < -0.4 is 25.8 Å². The van der Waals surface area contributed by atoms with E-state index in [9.17, 15) is 23.6 Å². The molecule has 1 unspecified atom stereocenters. The molecule has 4 aliphatic heterocycles. The monoisotopic (exact) mass is 913 g/mol. The third-order valence-electron chi connectivity index (χ3n) is 13.5. The molecule has 2 atom stereocenters. The predicted molar refractivity (Wildman–Crippen MR) is 233 cm³/mol. The van der Waals surface area contributed by atoms with E-state index in [1.54, 1.807) is 20.2 Å². The smallest absolute Gasteiger partial charge is 0.328 e. The Morgan fingerprint density at radius 2 is 1.77 bits per heavy atom. The van der Waals surface area contributed by atoms with Crippen molar-refractivity contribution in [3.8, 4) is 11.3 Å². The van der Waals surface area contributed by atoms with Crippen LogP contribution in [-0.2, 0) is 17.8 Å². The molecule has 3 N–H and O–H groups in total. The van der Waals surface area contributed by atoms with E-state index >= 15 is 13.2 Å². The van der Waals surface area contributed by atoms with Crippen molar-refractivity contribution in [2.45, 2.75) is 63.7 Å². The van der Waals surface area contributed by atoms with Crippen LogP contribution in [0.5, 0.6) is 0 Å². The summed E-state index contributed by atoms with van der Waals surface area (Å²) in [6, 6.07) is 10.4. The highest BCUT2D eigenvalue weighted by Crippen LogP contribution is 2.51. The fraction of sp³-hybridized carbons (Fsp3) is 0.400. The third-order valence-corrected chi connectivity index (χ3v) is 14.0. The van der Waals surface area contributed by atoms with Gasteiger partial charge in [-0.05, 0) is 73.6 Å². The standard InChI is InChI=1S/C45H44ClF4N11O4/c1-24-14-26(16-34(38(24)46)60-12-9-37(62)55-43(60)65)42(64)58-13-10-44(45(49,50)23-58)21-57(22-44)20-25-15-30(48)39(52-18-25)28-4-3-5-33-27(28)8-11-59(33)36-17-32(51-2)40-53-19-35(61(40)56-36)41(63)54-31-7-6-29(31)47/h3-5,14-19,29,31,51H,6-13,20-23H2,1-2H3,(H,54,63)(H,55,62,65)/t29-,31?/m1/s1. The zero-order valence-corrected chi connectivity index (χ0v) is 36.2. The molecule has 7 heterocycles. The Kier molecular flexibility index (Phi) is 10.5. The molecule has 5 aliphatic rings. The number of benzene rings is 2. The number of piperidine rings is 1. The summed E-state index contributed by atoms with van der Waals surface area (Å²) < 4.78 is 63.6. The molecule has 5 aromatic rings. The fourth-order valence-corrected chi connectivity index (χ4v) is 9.97. The van der Waals surface area contributed by atoms with Gasteiger partial charge in [-0.3, -0.25) is 34.5 Å². The number of amides is 5. The number of nitrogens with one attached hydrogen (secondary N) is 3. The van der Waals surface area contributed by atoms with Crippen LogP contribution in [0.4, 0.5) is 45.2 Å². The lowest BCUT2D eigenvalue weighted by atomic mass is 9.69. The molecule has 5 amide bonds. The van der Waals surface area contributed by atoms with Gasteiger partial charge in [-0.25, -0.2) is 31.9 Å². The molecule has 0 radical (unpaired) electrons. The molecule has 1 aliphatic carbocycles. The maximum atomic E-state index is 16.1. The number of halogens is 5. The highest BCUT2D eigenvalue weighted by molar-refractivity contribution is 6.35. The number of imide groups is 1. The normalized spacial score (nSPS) is 21.2.